The van der Waals surface area contributed by atoms with E-state index in [0.29, 0.717) is 10.8 Å². The van der Waals surface area contributed by atoms with Crippen LogP contribution in [-0.4, -0.2) is 13.4 Å². The maximum absolute atomic E-state index is 12.2. The van der Waals surface area contributed by atoms with Gasteiger partial charge < -0.3 is 5.73 Å². The van der Waals surface area contributed by atoms with Gasteiger partial charge in [0.15, 0.2) is 0 Å². The first-order valence-corrected chi connectivity index (χ1v) is 8.42. The molecule has 0 saturated heterocycles. The topological polar surface area (TPSA) is 85.1 Å². The van der Waals surface area contributed by atoms with Gasteiger partial charge in [0, 0.05) is 30.4 Å². The summed E-state index contributed by atoms with van der Waals surface area (Å²) in [4.78, 5) is 4.88. The van der Waals surface area contributed by atoms with Crippen LogP contribution in [0.25, 0.3) is 0 Å². The minimum absolute atomic E-state index is 0.256. The van der Waals surface area contributed by atoms with Gasteiger partial charge in [-0.05, 0) is 42.7 Å². The van der Waals surface area contributed by atoms with E-state index < -0.39 is 10.0 Å². The predicted octanol–water partition coefficient (Wildman–Crippen LogP) is 1.70. The fourth-order valence-corrected chi connectivity index (χ4v) is 4.29. The van der Waals surface area contributed by atoms with Crippen LogP contribution in [0, 0.1) is 13.8 Å². The number of hydrogen-bond donors (Lipinski definition) is 2. The van der Waals surface area contributed by atoms with Crippen LogP contribution in [0.4, 0.5) is 0 Å². The third-order valence-corrected chi connectivity index (χ3v) is 6.17. The average Bonchev–Trinajstić information content (AvgIpc) is 2.80. The molecule has 2 heterocycles. The molecular weight excluding hydrogens is 294 g/mol. The highest BCUT2D eigenvalue weighted by Gasteiger charge is 2.18. The lowest BCUT2D eigenvalue weighted by Crippen LogP contribution is -2.22. The molecule has 3 N–H and O–H groups in total. The van der Waals surface area contributed by atoms with Gasteiger partial charge in [-0.2, -0.15) is 0 Å². The summed E-state index contributed by atoms with van der Waals surface area (Å²) in [6.45, 7) is 4.38. The highest BCUT2D eigenvalue weighted by molar-refractivity contribution is 7.91. The van der Waals surface area contributed by atoms with E-state index in [1.54, 1.807) is 18.5 Å². The third-order valence-electron chi connectivity index (χ3n) is 3.04. The second-order valence-corrected chi connectivity index (χ2v) is 7.63. The summed E-state index contributed by atoms with van der Waals surface area (Å²) in [6, 6.07) is 3.47. The Balaban J connectivity index is 2.17. The molecule has 2 rings (SSSR count). The largest absolute Gasteiger partial charge is 0.326 e. The maximum Gasteiger partial charge on any atom is 0.250 e. The Morgan fingerprint density at radius 3 is 2.70 bits per heavy atom. The monoisotopic (exact) mass is 311 g/mol. The second kappa shape index (κ2) is 6.01. The van der Waals surface area contributed by atoms with Crippen LogP contribution in [0.2, 0.25) is 0 Å². The first-order chi connectivity index (χ1) is 9.44. The summed E-state index contributed by atoms with van der Waals surface area (Å²) in [6.07, 6.45) is 3.36. The summed E-state index contributed by atoms with van der Waals surface area (Å²) in [5.74, 6) is 0. The molecule has 20 heavy (non-hydrogen) atoms. The van der Waals surface area contributed by atoms with E-state index in [1.165, 1.54) is 11.3 Å². The quantitative estimate of drug-likeness (QED) is 0.880. The molecule has 5 nitrogen and oxygen atoms in total. The van der Waals surface area contributed by atoms with Gasteiger partial charge >= 0.3 is 0 Å². The molecular formula is C13H17N3O2S2. The van der Waals surface area contributed by atoms with E-state index in [2.05, 4.69) is 9.71 Å². The third kappa shape index (κ3) is 3.24. The minimum Gasteiger partial charge on any atom is -0.326 e. The highest BCUT2D eigenvalue weighted by Crippen LogP contribution is 2.25. The number of rotatable bonds is 5. The average molecular weight is 311 g/mol. The molecule has 108 valence electrons. The Morgan fingerprint density at radius 2 is 2.10 bits per heavy atom. The van der Waals surface area contributed by atoms with Crippen molar-refractivity contribution in [1.29, 1.82) is 0 Å². The van der Waals surface area contributed by atoms with Crippen molar-refractivity contribution in [3.8, 4) is 0 Å². The Labute approximate surface area is 122 Å². The molecule has 0 aliphatic carbocycles. The standard InChI is InChI=1S/C13H17N3O2S2/c1-9-5-13(19-12(9)6-14)20(17,18)16-8-11-3-4-15-7-10(11)2/h3-5,7,16H,6,8,14H2,1-2H3. The van der Waals surface area contributed by atoms with E-state index in [-0.39, 0.29) is 6.54 Å². The lowest BCUT2D eigenvalue weighted by Gasteiger charge is -2.07. The first-order valence-electron chi connectivity index (χ1n) is 6.12. The zero-order valence-corrected chi connectivity index (χ0v) is 13.0. The van der Waals surface area contributed by atoms with Crippen molar-refractivity contribution in [2.45, 2.75) is 31.1 Å². The van der Waals surface area contributed by atoms with Crippen LogP contribution >= 0.6 is 11.3 Å². The first kappa shape index (κ1) is 15.1. The molecule has 7 heteroatoms. The summed E-state index contributed by atoms with van der Waals surface area (Å²) < 4.78 is 27.4. The van der Waals surface area contributed by atoms with Gasteiger partial charge in [0.25, 0.3) is 0 Å². The number of nitrogens with two attached hydrogens (primary N) is 1. The Kier molecular flexibility index (Phi) is 4.54. The van der Waals surface area contributed by atoms with Crippen molar-refractivity contribution in [3.63, 3.8) is 0 Å². The van der Waals surface area contributed by atoms with E-state index in [1.807, 2.05) is 19.9 Å². The van der Waals surface area contributed by atoms with Gasteiger partial charge in [-0.25, -0.2) is 13.1 Å². The molecule has 2 aromatic rings. The van der Waals surface area contributed by atoms with Crippen LogP contribution in [0.15, 0.2) is 28.7 Å². The number of aromatic nitrogens is 1. The molecule has 0 amide bonds. The lowest BCUT2D eigenvalue weighted by molar-refractivity contribution is 0.583. The van der Waals surface area contributed by atoms with E-state index in [4.69, 9.17) is 5.73 Å². The maximum atomic E-state index is 12.2. The van der Waals surface area contributed by atoms with Gasteiger partial charge in [-0.3, -0.25) is 4.98 Å². The predicted molar refractivity (Wildman–Crippen MR) is 79.9 cm³/mol. The fourth-order valence-electron chi connectivity index (χ4n) is 1.77. The fraction of sp³-hybridized carbons (Fsp3) is 0.308. The van der Waals surface area contributed by atoms with Crippen molar-refractivity contribution >= 4 is 21.4 Å². The molecule has 0 radical (unpaired) electrons. The van der Waals surface area contributed by atoms with Crippen LogP contribution in [0.5, 0.6) is 0 Å². The zero-order valence-electron chi connectivity index (χ0n) is 11.4. The number of nitrogens with one attached hydrogen (secondary N) is 1. The normalized spacial score (nSPS) is 11.8. The molecule has 0 saturated carbocycles. The number of hydrogen-bond acceptors (Lipinski definition) is 5. The molecule has 0 aliphatic rings. The molecule has 0 atom stereocenters. The van der Waals surface area contributed by atoms with Crippen molar-refractivity contribution < 1.29 is 8.42 Å². The van der Waals surface area contributed by atoms with Crippen molar-refractivity contribution in [2.75, 3.05) is 0 Å². The second-order valence-electron chi connectivity index (χ2n) is 4.50. The Morgan fingerprint density at radius 1 is 1.35 bits per heavy atom. The van der Waals surface area contributed by atoms with Crippen molar-refractivity contribution in [2.24, 2.45) is 5.73 Å². The van der Waals surface area contributed by atoms with Crippen LogP contribution in [0.3, 0.4) is 0 Å². The van der Waals surface area contributed by atoms with Gasteiger partial charge in [0.05, 0.1) is 0 Å². The van der Waals surface area contributed by atoms with Crippen molar-refractivity contribution in [1.82, 2.24) is 9.71 Å². The SMILES string of the molecule is Cc1cnccc1CNS(=O)(=O)c1cc(C)c(CN)s1. The number of nitrogens with zero attached hydrogens (tertiary/aromatic N) is 1. The number of aryl methyl sites for hydroxylation is 2. The van der Waals surface area contributed by atoms with Gasteiger partial charge in [-0.1, -0.05) is 0 Å². The molecule has 0 aliphatic heterocycles. The molecule has 0 aromatic carbocycles. The molecule has 0 fully saturated rings. The lowest BCUT2D eigenvalue weighted by atomic mass is 10.2. The number of sulfonamides is 1. The molecule has 2 aromatic heterocycles. The molecule has 0 spiro atoms. The van der Waals surface area contributed by atoms with Crippen LogP contribution in [0.1, 0.15) is 21.6 Å². The molecule has 0 unspecified atom stereocenters. The number of pyridine rings is 1. The summed E-state index contributed by atoms with van der Waals surface area (Å²) in [5, 5.41) is 0. The Hall–Kier alpha value is -1.28. The van der Waals surface area contributed by atoms with E-state index in [0.717, 1.165) is 21.6 Å². The number of thiophene rings is 1. The van der Waals surface area contributed by atoms with Gasteiger partial charge in [0.1, 0.15) is 4.21 Å². The summed E-state index contributed by atoms with van der Waals surface area (Å²) in [7, 11) is -3.49. The van der Waals surface area contributed by atoms with E-state index in [9.17, 15) is 8.42 Å². The van der Waals surface area contributed by atoms with E-state index >= 15 is 0 Å². The van der Waals surface area contributed by atoms with Crippen LogP contribution in [-0.2, 0) is 23.1 Å². The van der Waals surface area contributed by atoms with Gasteiger partial charge in [0.2, 0.25) is 10.0 Å². The smallest absolute Gasteiger partial charge is 0.250 e. The highest BCUT2D eigenvalue weighted by atomic mass is 32.2. The Bertz CT molecular complexity index is 708. The van der Waals surface area contributed by atoms with Gasteiger partial charge in [-0.15, -0.1) is 11.3 Å². The minimum atomic E-state index is -3.49. The summed E-state index contributed by atoms with van der Waals surface area (Å²) in [5.41, 5.74) is 8.37. The van der Waals surface area contributed by atoms with Crippen LogP contribution < -0.4 is 10.5 Å². The molecule has 0 bridgehead atoms. The van der Waals surface area contributed by atoms with Crippen molar-refractivity contribution in [3.05, 3.63) is 46.1 Å². The summed E-state index contributed by atoms with van der Waals surface area (Å²) >= 11 is 1.22. The zero-order chi connectivity index (χ0) is 14.8.